The van der Waals surface area contributed by atoms with E-state index in [-0.39, 0.29) is 5.69 Å². The van der Waals surface area contributed by atoms with Gasteiger partial charge in [-0.3, -0.25) is 0 Å². The number of carbonyl (C=O) groups is 1. The zero-order valence-corrected chi connectivity index (χ0v) is 13.7. The molecule has 0 atom stereocenters. The second-order valence-electron chi connectivity index (χ2n) is 4.85. The molecule has 0 saturated carbocycles. The predicted octanol–water partition coefficient (Wildman–Crippen LogP) is 4.56. The number of rotatable bonds is 3. The van der Waals surface area contributed by atoms with Crippen molar-refractivity contribution in [3.05, 3.63) is 71.0 Å². The van der Waals surface area contributed by atoms with E-state index in [2.05, 4.69) is 31.7 Å². The highest BCUT2D eigenvalue weighted by molar-refractivity contribution is 9.10. The van der Waals surface area contributed by atoms with Gasteiger partial charge in [0.2, 0.25) is 0 Å². The number of aromatic nitrogens is 2. The summed E-state index contributed by atoms with van der Waals surface area (Å²) in [6.07, 6.45) is 3.46. The van der Waals surface area contributed by atoms with E-state index in [1.54, 1.807) is 41.3 Å². The Labute approximate surface area is 144 Å². The Morgan fingerprint density at radius 3 is 2.46 bits per heavy atom. The van der Waals surface area contributed by atoms with Gasteiger partial charge in [0.15, 0.2) is 0 Å². The summed E-state index contributed by atoms with van der Waals surface area (Å²) in [5, 5.41) is 9.03. The minimum absolute atomic E-state index is 0.105. The summed E-state index contributed by atoms with van der Waals surface area (Å²) in [5.74, 6) is -1.55. The average Bonchev–Trinajstić information content (AvgIpc) is 2.97. The number of nitrogens with zero attached hydrogens (tertiary/aromatic N) is 2. The molecule has 0 spiro atoms. The molecular weight excluding hydrogens is 382 g/mol. The van der Waals surface area contributed by atoms with Crippen LogP contribution in [0.25, 0.3) is 5.69 Å². The maximum absolute atomic E-state index is 13.5. The minimum Gasteiger partial charge on any atom is -0.308 e. The van der Waals surface area contributed by atoms with E-state index in [4.69, 9.17) is 0 Å². The molecule has 0 radical (unpaired) electrons. The van der Waals surface area contributed by atoms with Crippen molar-refractivity contribution in [2.24, 2.45) is 0 Å². The van der Waals surface area contributed by atoms with Crippen LogP contribution in [0.2, 0.25) is 0 Å². The first-order valence-electron chi connectivity index (χ1n) is 6.85. The van der Waals surface area contributed by atoms with E-state index >= 15 is 0 Å². The highest BCUT2D eigenvalue weighted by atomic mass is 79.9. The lowest BCUT2D eigenvalue weighted by molar-refractivity contribution is 0.262. The van der Waals surface area contributed by atoms with Crippen LogP contribution in [-0.2, 0) is 0 Å². The van der Waals surface area contributed by atoms with Crippen molar-refractivity contribution in [1.82, 2.24) is 9.78 Å². The summed E-state index contributed by atoms with van der Waals surface area (Å²) in [6, 6.07) is 9.21. The van der Waals surface area contributed by atoms with Crippen molar-refractivity contribution in [2.75, 3.05) is 10.6 Å². The summed E-state index contributed by atoms with van der Waals surface area (Å²) in [5.41, 5.74) is 1.23. The molecule has 0 unspecified atom stereocenters. The predicted molar refractivity (Wildman–Crippen MR) is 90.3 cm³/mol. The first-order chi connectivity index (χ1) is 11.5. The van der Waals surface area contributed by atoms with Crippen molar-refractivity contribution in [1.29, 1.82) is 0 Å². The first-order valence-corrected chi connectivity index (χ1v) is 7.64. The molecule has 2 N–H and O–H groups in total. The van der Waals surface area contributed by atoms with Crippen LogP contribution in [0.5, 0.6) is 0 Å². The standard InChI is InChI=1S/C16H11BrF2N4O/c17-10-8-20-23(9-10)13-4-2-12(3-5-13)21-16(24)22-15-6-1-11(18)7-14(15)19/h1-9H,(H2,21,22,24). The summed E-state index contributed by atoms with van der Waals surface area (Å²) in [6.45, 7) is 0. The largest absolute Gasteiger partial charge is 0.323 e. The van der Waals surface area contributed by atoms with Crippen LogP contribution >= 0.6 is 15.9 Å². The third-order valence-electron chi connectivity index (χ3n) is 3.12. The summed E-state index contributed by atoms with van der Waals surface area (Å²) in [4.78, 5) is 11.9. The second kappa shape index (κ2) is 6.79. The zero-order chi connectivity index (χ0) is 17.1. The van der Waals surface area contributed by atoms with Gasteiger partial charge in [0.25, 0.3) is 0 Å². The van der Waals surface area contributed by atoms with Gasteiger partial charge in [0.1, 0.15) is 11.6 Å². The molecule has 24 heavy (non-hydrogen) atoms. The van der Waals surface area contributed by atoms with E-state index in [0.29, 0.717) is 11.8 Å². The second-order valence-corrected chi connectivity index (χ2v) is 5.77. The minimum atomic E-state index is -0.843. The fourth-order valence-corrected chi connectivity index (χ4v) is 2.30. The Morgan fingerprint density at radius 1 is 1.08 bits per heavy atom. The van der Waals surface area contributed by atoms with Crippen LogP contribution in [0.15, 0.2) is 59.3 Å². The van der Waals surface area contributed by atoms with Gasteiger partial charge in [-0.25, -0.2) is 18.3 Å². The number of hydrogen-bond acceptors (Lipinski definition) is 2. The molecule has 8 heteroatoms. The first kappa shape index (κ1) is 16.1. The molecular formula is C16H11BrF2N4O. The normalized spacial score (nSPS) is 10.5. The molecule has 5 nitrogen and oxygen atoms in total. The van der Waals surface area contributed by atoms with Gasteiger partial charge in [0, 0.05) is 18.0 Å². The van der Waals surface area contributed by atoms with Crippen molar-refractivity contribution >= 4 is 33.3 Å². The van der Waals surface area contributed by atoms with Gasteiger partial charge < -0.3 is 10.6 Å². The van der Waals surface area contributed by atoms with Crippen molar-refractivity contribution < 1.29 is 13.6 Å². The molecule has 3 aromatic rings. The average molecular weight is 393 g/mol. The number of anilines is 2. The van der Waals surface area contributed by atoms with Crippen molar-refractivity contribution in [3.8, 4) is 5.69 Å². The van der Waals surface area contributed by atoms with Gasteiger partial charge in [-0.2, -0.15) is 5.10 Å². The van der Waals surface area contributed by atoms with E-state index in [1.165, 1.54) is 0 Å². The van der Waals surface area contributed by atoms with Crippen LogP contribution in [0.1, 0.15) is 0 Å². The number of hydrogen-bond donors (Lipinski definition) is 2. The highest BCUT2D eigenvalue weighted by Crippen LogP contribution is 2.17. The molecule has 0 saturated heterocycles. The van der Waals surface area contributed by atoms with Crippen LogP contribution in [-0.4, -0.2) is 15.8 Å². The molecule has 0 bridgehead atoms. The molecule has 2 aromatic carbocycles. The van der Waals surface area contributed by atoms with Crippen LogP contribution < -0.4 is 10.6 Å². The van der Waals surface area contributed by atoms with Crippen LogP contribution in [0.4, 0.5) is 25.0 Å². The van der Waals surface area contributed by atoms with Crippen LogP contribution in [0, 0.1) is 11.6 Å². The van der Waals surface area contributed by atoms with E-state index < -0.39 is 17.7 Å². The van der Waals surface area contributed by atoms with Gasteiger partial charge in [0.05, 0.1) is 22.0 Å². The lowest BCUT2D eigenvalue weighted by Gasteiger charge is -2.09. The van der Waals surface area contributed by atoms with Gasteiger partial charge in [-0.15, -0.1) is 0 Å². The molecule has 122 valence electrons. The molecule has 1 aromatic heterocycles. The summed E-state index contributed by atoms with van der Waals surface area (Å²) in [7, 11) is 0. The molecule has 2 amide bonds. The fraction of sp³-hybridized carbons (Fsp3) is 0. The molecule has 1 heterocycles. The summed E-state index contributed by atoms with van der Waals surface area (Å²) >= 11 is 3.32. The molecule has 0 aliphatic carbocycles. The number of benzene rings is 2. The lowest BCUT2D eigenvalue weighted by Crippen LogP contribution is -2.20. The maximum atomic E-state index is 13.5. The van der Waals surface area contributed by atoms with Gasteiger partial charge >= 0.3 is 6.03 Å². The van der Waals surface area contributed by atoms with Crippen molar-refractivity contribution in [3.63, 3.8) is 0 Å². The zero-order valence-electron chi connectivity index (χ0n) is 12.1. The molecule has 3 rings (SSSR count). The van der Waals surface area contributed by atoms with E-state index in [0.717, 1.165) is 22.3 Å². The van der Waals surface area contributed by atoms with E-state index in [1.807, 2.05) is 0 Å². The highest BCUT2D eigenvalue weighted by Gasteiger charge is 2.08. The number of amides is 2. The topological polar surface area (TPSA) is 59.0 Å². The molecule has 0 fully saturated rings. The number of halogens is 3. The quantitative estimate of drug-likeness (QED) is 0.686. The number of carbonyl (C=O) groups excluding carboxylic acids is 1. The molecule has 0 aliphatic rings. The Balaban J connectivity index is 1.66. The van der Waals surface area contributed by atoms with Gasteiger partial charge in [-0.1, -0.05) is 0 Å². The van der Waals surface area contributed by atoms with E-state index in [9.17, 15) is 13.6 Å². The SMILES string of the molecule is O=C(Nc1ccc(-n2cc(Br)cn2)cc1)Nc1ccc(F)cc1F. The van der Waals surface area contributed by atoms with Gasteiger partial charge in [-0.05, 0) is 52.3 Å². The van der Waals surface area contributed by atoms with Crippen molar-refractivity contribution in [2.45, 2.75) is 0 Å². The summed E-state index contributed by atoms with van der Waals surface area (Å²) < 4.78 is 28.8. The molecule has 0 aliphatic heterocycles. The number of urea groups is 1. The Hall–Kier alpha value is -2.74. The van der Waals surface area contributed by atoms with Crippen LogP contribution in [0.3, 0.4) is 0 Å². The lowest BCUT2D eigenvalue weighted by atomic mass is 10.3. The Kier molecular flexibility index (Phi) is 4.57. The smallest absolute Gasteiger partial charge is 0.308 e. The Bertz CT molecular complexity index is 880. The maximum Gasteiger partial charge on any atom is 0.323 e. The third kappa shape index (κ3) is 3.77. The Morgan fingerprint density at radius 2 is 1.83 bits per heavy atom. The third-order valence-corrected chi connectivity index (χ3v) is 3.53. The number of nitrogens with one attached hydrogen (secondary N) is 2. The fourth-order valence-electron chi connectivity index (χ4n) is 2.02. The monoisotopic (exact) mass is 392 g/mol.